The summed E-state index contributed by atoms with van der Waals surface area (Å²) in [7, 11) is 0. The molecule has 0 radical (unpaired) electrons. The highest BCUT2D eigenvalue weighted by Crippen LogP contribution is 2.22. The molecule has 0 saturated carbocycles. The van der Waals surface area contributed by atoms with Gasteiger partial charge in [-0.2, -0.15) is 0 Å². The Morgan fingerprint density at radius 1 is 1.05 bits per heavy atom. The molecule has 6 heteroatoms. The first-order valence-corrected chi connectivity index (χ1v) is 6.99. The Labute approximate surface area is 123 Å². The van der Waals surface area contributed by atoms with Crippen molar-refractivity contribution in [2.75, 3.05) is 18.5 Å². The molecule has 0 aliphatic carbocycles. The molecule has 106 valence electrons. The molecule has 3 N–H and O–H groups in total. The zero-order chi connectivity index (χ0) is 14.1. The van der Waals surface area contributed by atoms with Crippen molar-refractivity contribution in [2.24, 2.45) is 0 Å². The van der Waals surface area contributed by atoms with E-state index in [9.17, 15) is 4.79 Å². The van der Waals surface area contributed by atoms with Gasteiger partial charge in [0.25, 0.3) is 0 Å². The maximum Gasteiger partial charge on any atom is 0.319 e. The van der Waals surface area contributed by atoms with Gasteiger partial charge in [0.2, 0.25) is 0 Å². The Bertz CT molecular complexity index is 393. The second-order valence-electron chi connectivity index (χ2n) is 4.18. The van der Waals surface area contributed by atoms with Gasteiger partial charge in [0, 0.05) is 28.9 Å². The first kappa shape index (κ1) is 16.1. The highest BCUT2D eigenvalue weighted by Gasteiger charge is 2.03. The van der Waals surface area contributed by atoms with Gasteiger partial charge in [0.1, 0.15) is 0 Å². The van der Waals surface area contributed by atoms with E-state index in [4.69, 9.17) is 28.3 Å². The second-order valence-corrected chi connectivity index (χ2v) is 5.05. The summed E-state index contributed by atoms with van der Waals surface area (Å²) in [6, 6.07) is 4.59. The Morgan fingerprint density at radius 2 is 1.68 bits per heavy atom. The van der Waals surface area contributed by atoms with Crippen LogP contribution in [0, 0.1) is 0 Å². The molecule has 0 atom stereocenters. The molecule has 0 unspecified atom stereocenters. The van der Waals surface area contributed by atoms with Crippen LogP contribution in [0.2, 0.25) is 10.0 Å². The summed E-state index contributed by atoms with van der Waals surface area (Å²) in [4.78, 5) is 11.6. The van der Waals surface area contributed by atoms with Crippen LogP contribution in [0.1, 0.15) is 25.7 Å². The average molecular weight is 305 g/mol. The van der Waals surface area contributed by atoms with Crippen LogP contribution in [0.4, 0.5) is 10.5 Å². The van der Waals surface area contributed by atoms with Gasteiger partial charge in [0.05, 0.1) is 0 Å². The molecule has 1 rings (SSSR count). The number of hydrogen-bond acceptors (Lipinski definition) is 2. The summed E-state index contributed by atoms with van der Waals surface area (Å²) in [5.74, 6) is 0. The lowest BCUT2D eigenvalue weighted by Crippen LogP contribution is -2.29. The third kappa shape index (κ3) is 7.25. The molecule has 4 nitrogen and oxygen atoms in total. The zero-order valence-electron chi connectivity index (χ0n) is 10.6. The van der Waals surface area contributed by atoms with Crippen LogP contribution in [0.15, 0.2) is 18.2 Å². The van der Waals surface area contributed by atoms with E-state index in [0.717, 1.165) is 25.7 Å². The van der Waals surface area contributed by atoms with Crippen molar-refractivity contribution in [3.8, 4) is 0 Å². The summed E-state index contributed by atoms with van der Waals surface area (Å²) in [5.41, 5.74) is 0.565. The number of nitrogens with one attached hydrogen (secondary N) is 2. The normalized spacial score (nSPS) is 10.3. The Hall–Kier alpha value is -0.970. The predicted octanol–water partition coefficient (Wildman–Crippen LogP) is 3.67. The number of rotatable bonds is 7. The first-order chi connectivity index (χ1) is 9.11. The molecule has 19 heavy (non-hydrogen) atoms. The van der Waals surface area contributed by atoms with Gasteiger partial charge in [-0.15, -0.1) is 0 Å². The van der Waals surface area contributed by atoms with E-state index in [1.54, 1.807) is 18.2 Å². The molecule has 1 aromatic rings. The molecule has 0 saturated heterocycles. The van der Waals surface area contributed by atoms with E-state index < -0.39 is 0 Å². The quantitative estimate of drug-likeness (QED) is 0.673. The zero-order valence-corrected chi connectivity index (χ0v) is 12.1. The molecule has 0 fully saturated rings. The number of halogens is 2. The lowest BCUT2D eigenvalue weighted by Gasteiger charge is -2.08. The van der Waals surface area contributed by atoms with Crippen molar-refractivity contribution in [3.63, 3.8) is 0 Å². The minimum atomic E-state index is -0.277. The molecular formula is C13H18Cl2N2O2. The van der Waals surface area contributed by atoms with Gasteiger partial charge in [-0.25, -0.2) is 4.79 Å². The fraction of sp³-hybridized carbons (Fsp3) is 0.462. The van der Waals surface area contributed by atoms with E-state index in [2.05, 4.69) is 10.6 Å². The number of amides is 2. The summed E-state index contributed by atoms with van der Waals surface area (Å²) in [6.45, 7) is 0.828. The first-order valence-electron chi connectivity index (χ1n) is 6.23. The number of benzene rings is 1. The Balaban J connectivity index is 2.23. The van der Waals surface area contributed by atoms with Crippen LogP contribution in [-0.2, 0) is 0 Å². The summed E-state index contributed by atoms with van der Waals surface area (Å²) < 4.78 is 0. The van der Waals surface area contributed by atoms with Crippen LogP contribution < -0.4 is 10.6 Å². The molecule has 0 aromatic heterocycles. The SMILES string of the molecule is O=C(NCCCCCCO)Nc1cc(Cl)cc(Cl)c1. The van der Waals surface area contributed by atoms with Crippen molar-refractivity contribution < 1.29 is 9.90 Å². The second kappa shape index (κ2) is 9.02. The van der Waals surface area contributed by atoms with Crippen LogP contribution in [0.3, 0.4) is 0 Å². The number of unbranched alkanes of at least 4 members (excludes halogenated alkanes) is 3. The molecule has 0 aliphatic rings. The molecule has 0 heterocycles. The Morgan fingerprint density at radius 3 is 2.32 bits per heavy atom. The minimum Gasteiger partial charge on any atom is -0.396 e. The Kier molecular flexibility index (Phi) is 7.63. The maximum atomic E-state index is 11.6. The van der Waals surface area contributed by atoms with Crippen molar-refractivity contribution in [3.05, 3.63) is 28.2 Å². The molecular weight excluding hydrogens is 287 g/mol. The lowest BCUT2D eigenvalue weighted by molar-refractivity contribution is 0.251. The van der Waals surface area contributed by atoms with E-state index in [1.807, 2.05) is 0 Å². The summed E-state index contributed by atoms with van der Waals surface area (Å²) >= 11 is 11.7. The van der Waals surface area contributed by atoms with Gasteiger partial charge in [0.15, 0.2) is 0 Å². The van der Waals surface area contributed by atoms with Crippen molar-refractivity contribution in [2.45, 2.75) is 25.7 Å². The largest absolute Gasteiger partial charge is 0.396 e. The molecule has 2 amide bonds. The van der Waals surface area contributed by atoms with Gasteiger partial charge in [-0.05, 0) is 31.0 Å². The van der Waals surface area contributed by atoms with Crippen LogP contribution >= 0.6 is 23.2 Å². The van der Waals surface area contributed by atoms with Gasteiger partial charge < -0.3 is 15.7 Å². The van der Waals surface area contributed by atoms with E-state index in [1.165, 1.54) is 0 Å². The van der Waals surface area contributed by atoms with Crippen molar-refractivity contribution >= 4 is 34.9 Å². The fourth-order valence-corrected chi connectivity index (χ4v) is 2.12. The molecule has 1 aromatic carbocycles. The van der Waals surface area contributed by atoms with Crippen molar-refractivity contribution in [1.82, 2.24) is 5.32 Å². The molecule has 0 bridgehead atoms. The smallest absolute Gasteiger partial charge is 0.319 e. The number of urea groups is 1. The van der Waals surface area contributed by atoms with Crippen molar-refractivity contribution in [1.29, 1.82) is 0 Å². The third-order valence-electron chi connectivity index (χ3n) is 2.49. The minimum absolute atomic E-state index is 0.226. The monoisotopic (exact) mass is 304 g/mol. The van der Waals surface area contributed by atoms with E-state index in [0.29, 0.717) is 22.3 Å². The van der Waals surface area contributed by atoms with Gasteiger partial charge in [-0.3, -0.25) is 0 Å². The summed E-state index contributed by atoms with van der Waals surface area (Å²) in [6.07, 6.45) is 3.67. The highest BCUT2D eigenvalue weighted by molar-refractivity contribution is 6.35. The number of aliphatic hydroxyl groups excluding tert-OH is 1. The number of carbonyl (C=O) groups is 1. The summed E-state index contributed by atoms with van der Waals surface area (Å²) in [5, 5.41) is 15.0. The topological polar surface area (TPSA) is 61.4 Å². The van der Waals surface area contributed by atoms with Crippen LogP contribution in [0.5, 0.6) is 0 Å². The van der Waals surface area contributed by atoms with E-state index >= 15 is 0 Å². The van der Waals surface area contributed by atoms with E-state index in [-0.39, 0.29) is 12.6 Å². The van der Waals surface area contributed by atoms with Gasteiger partial charge in [-0.1, -0.05) is 36.0 Å². The standard InChI is InChI=1S/C13H18Cl2N2O2/c14-10-7-11(15)9-12(8-10)17-13(19)16-5-3-1-2-4-6-18/h7-9,18H,1-6H2,(H2,16,17,19). The predicted molar refractivity (Wildman–Crippen MR) is 79.0 cm³/mol. The average Bonchev–Trinajstić information content (AvgIpc) is 2.32. The highest BCUT2D eigenvalue weighted by atomic mass is 35.5. The van der Waals surface area contributed by atoms with Gasteiger partial charge >= 0.3 is 6.03 Å². The van der Waals surface area contributed by atoms with Crippen LogP contribution in [-0.4, -0.2) is 24.3 Å². The lowest BCUT2D eigenvalue weighted by atomic mass is 10.2. The van der Waals surface area contributed by atoms with Crippen LogP contribution in [0.25, 0.3) is 0 Å². The number of hydrogen-bond donors (Lipinski definition) is 3. The third-order valence-corrected chi connectivity index (χ3v) is 2.93. The maximum absolute atomic E-state index is 11.6. The molecule has 0 spiro atoms. The number of aliphatic hydroxyl groups is 1. The number of carbonyl (C=O) groups excluding carboxylic acids is 1. The number of anilines is 1. The fourth-order valence-electron chi connectivity index (χ4n) is 1.59. The molecule has 0 aliphatic heterocycles.